The van der Waals surface area contributed by atoms with Crippen molar-refractivity contribution >= 4 is 15.7 Å². The maximum atomic E-state index is 13.5. The molecule has 9 nitrogen and oxygen atoms in total. The topological polar surface area (TPSA) is 91.5 Å². The van der Waals surface area contributed by atoms with Crippen LogP contribution in [0.15, 0.2) is 41.7 Å². The van der Waals surface area contributed by atoms with E-state index in [9.17, 15) is 21.6 Å². The van der Waals surface area contributed by atoms with Crippen molar-refractivity contribution in [2.24, 2.45) is 7.05 Å². The molecule has 0 radical (unpaired) electrons. The van der Waals surface area contributed by atoms with Crippen LogP contribution in [0.5, 0.6) is 11.5 Å². The summed E-state index contributed by atoms with van der Waals surface area (Å²) < 4.78 is 78.7. The second-order valence-electron chi connectivity index (χ2n) is 7.21. The van der Waals surface area contributed by atoms with Crippen molar-refractivity contribution in [2.75, 3.05) is 18.0 Å². The van der Waals surface area contributed by atoms with Crippen LogP contribution < -0.4 is 13.8 Å². The largest absolute Gasteiger partial charge is 0.493 e. The fraction of sp³-hybridized carbons (Fsp3) is 0.400. The normalized spacial score (nSPS) is 12.1. The Morgan fingerprint density at radius 2 is 1.91 bits per heavy atom. The summed E-state index contributed by atoms with van der Waals surface area (Å²) in [5, 5.41) is 8.29. The predicted octanol–water partition coefficient (Wildman–Crippen LogP) is 3.29. The van der Waals surface area contributed by atoms with Crippen LogP contribution in [-0.4, -0.2) is 47.9 Å². The first-order valence-corrected chi connectivity index (χ1v) is 11.3. The molecular weight excluding hydrogens is 463 g/mol. The summed E-state index contributed by atoms with van der Waals surface area (Å²) in [5.41, 5.74) is 1.32. The standard InChI is InChI=1S/C20H24F3N5O4S/c1-5-27-11-16(9-24-27)33(29,30)28(17-12-26(3)25-14(17)2)10-15-6-7-18(19(8-15)31-4)32-13-20(21,22)23/h6-9,11-12H,5,10,13H2,1-4H3. The van der Waals surface area contributed by atoms with Crippen molar-refractivity contribution < 1.29 is 31.1 Å². The lowest BCUT2D eigenvalue weighted by atomic mass is 10.2. The molecule has 0 saturated heterocycles. The van der Waals surface area contributed by atoms with E-state index in [0.29, 0.717) is 23.5 Å². The van der Waals surface area contributed by atoms with Gasteiger partial charge in [-0.1, -0.05) is 6.07 Å². The van der Waals surface area contributed by atoms with Crippen LogP contribution >= 0.6 is 0 Å². The monoisotopic (exact) mass is 487 g/mol. The molecule has 33 heavy (non-hydrogen) atoms. The van der Waals surface area contributed by atoms with E-state index in [2.05, 4.69) is 10.2 Å². The fourth-order valence-corrected chi connectivity index (χ4v) is 4.61. The Kier molecular flexibility index (Phi) is 6.91. The maximum absolute atomic E-state index is 13.5. The molecule has 2 aromatic heterocycles. The Bertz CT molecular complexity index is 1220. The molecule has 0 saturated carbocycles. The lowest BCUT2D eigenvalue weighted by molar-refractivity contribution is -0.153. The Morgan fingerprint density at radius 1 is 1.18 bits per heavy atom. The molecule has 0 unspecified atom stereocenters. The number of benzene rings is 1. The van der Waals surface area contributed by atoms with Gasteiger partial charge < -0.3 is 9.47 Å². The van der Waals surface area contributed by atoms with Crippen molar-refractivity contribution in [3.63, 3.8) is 0 Å². The number of hydrogen-bond acceptors (Lipinski definition) is 6. The highest BCUT2D eigenvalue weighted by Gasteiger charge is 2.31. The summed E-state index contributed by atoms with van der Waals surface area (Å²) >= 11 is 0. The molecule has 0 amide bonds. The molecule has 3 rings (SSSR count). The molecule has 1 aromatic carbocycles. The zero-order valence-corrected chi connectivity index (χ0v) is 19.3. The minimum Gasteiger partial charge on any atom is -0.493 e. The quantitative estimate of drug-likeness (QED) is 0.460. The molecule has 2 heterocycles. The average Bonchev–Trinajstić information content (AvgIpc) is 3.36. The molecule has 180 valence electrons. The van der Waals surface area contributed by atoms with Gasteiger partial charge in [0, 0.05) is 26.0 Å². The van der Waals surface area contributed by atoms with Gasteiger partial charge in [0.05, 0.1) is 31.2 Å². The van der Waals surface area contributed by atoms with E-state index in [1.807, 2.05) is 6.92 Å². The van der Waals surface area contributed by atoms with Crippen molar-refractivity contribution in [2.45, 2.75) is 38.0 Å². The number of ether oxygens (including phenoxy) is 2. The van der Waals surface area contributed by atoms with Gasteiger partial charge in [-0.2, -0.15) is 23.4 Å². The van der Waals surface area contributed by atoms with Crippen LogP contribution in [0.1, 0.15) is 18.2 Å². The smallest absolute Gasteiger partial charge is 0.422 e. The minimum atomic E-state index is -4.50. The van der Waals surface area contributed by atoms with Crippen LogP contribution in [-0.2, 0) is 30.2 Å². The summed E-state index contributed by atoms with van der Waals surface area (Å²) in [6.45, 7) is 2.42. The van der Waals surface area contributed by atoms with Gasteiger partial charge >= 0.3 is 6.18 Å². The second kappa shape index (κ2) is 9.33. The van der Waals surface area contributed by atoms with E-state index < -0.39 is 22.8 Å². The molecule has 0 aliphatic heterocycles. The number of anilines is 1. The highest BCUT2D eigenvalue weighted by molar-refractivity contribution is 7.92. The number of methoxy groups -OCH3 is 1. The molecule has 0 aliphatic rings. The maximum Gasteiger partial charge on any atom is 0.422 e. The first-order chi connectivity index (χ1) is 15.4. The Hall–Kier alpha value is -3.22. The van der Waals surface area contributed by atoms with Crippen molar-refractivity contribution in [1.82, 2.24) is 19.6 Å². The molecule has 0 bridgehead atoms. The molecule has 0 atom stereocenters. The van der Waals surface area contributed by atoms with Crippen molar-refractivity contribution in [3.05, 3.63) is 48.0 Å². The van der Waals surface area contributed by atoms with Gasteiger partial charge in [0.1, 0.15) is 4.90 Å². The van der Waals surface area contributed by atoms with Crippen LogP contribution in [0, 0.1) is 6.92 Å². The SMILES string of the molecule is CCn1cc(S(=O)(=O)N(Cc2ccc(OCC(F)(F)F)c(OC)c2)c2cn(C)nc2C)cn1. The number of aromatic nitrogens is 4. The molecule has 13 heteroatoms. The van der Waals surface area contributed by atoms with Gasteiger partial charge in [-0.15, -0.1) is 0 Å². The third-order valence-corrected chi connectivity index (χ3v) is 6.44. The lowest BCUT2D eigenvalue weighted by Gasteiger charge is -2.23. The van der Waals surface area contributed by atoms with Gasteiger partial charge in [-0.3, -0.25) is 13.7 Å². The van der Waals surface area contributed by atoms with E-state index in [4.69, 9.17) is 9.47 Å². The Morgan fingerprint density at radius 3 is 2.45 bits per heavy atom. The van der Waals surface area contributed by atoms with Gasteiger partial charge in [0.25, 0.3) is 10.0 Å². The minimum absolute atomic E-state index is 0.00435. The van der Waals surface area contributed by atoms with E-state index in [1.165, 1.54) is 51.4 Å². The summed E-state index contributed by atoms with van der Waals surface area (Å²) in [6, 6.07) is 4.24. The molecule has 3 aromatic rings. The molecule has 0 spiro atoms. The average molecular weight is 488 g/mol. The van der Waals surface area contributed by atoms with Crippen LogP contribution in [0.25, 0.3) is 0 Å². The second-order valence-corrected chi connectivity index (χ2v) is 9.07. The zero-order valence-electron chi connectivity index (χ0n) is 18.5. The first-order valence-electron chi connectivity index (χ1n) is 9.86. The number of aryl methyl sites for hydroxylation is 3. The predicted molar refractivity (Wildman–Crippen MR) is 114 cm³/mol. The Labute approximate surface area is 189 Å². The molecule has 0 fully saturated rings. The highest BCUT2D eigenvalue weighted by Crippen LogP contribution is 2.33. The van der Waals surface area contributed by atoms with E-state index in [-0.39, 0.29) is 22.9 Å². The fourth-order valence-electron chi connectivity index (χ4n) is 3.16. The third kappa shape index (κ3) is 5.59. The van der Waals surface area contributed by atoms with Crippen LogP contribution in [0.2, 0.25) is 0 Å². The van der Waals surface area contributed by atoms with E-state index in [1.54, 1.807) is 20.2 Å². The molecular formula is C20H24F3N5O4S. The number of hydrogen-bond donors (Lipinski definition) is 0. The van der Waals surface area contributed by atoms with Gasteiger partial charge in [-0.25, -0.2) is 8.42 Å². The highest BCUT2D eigenvalue weighted by atomic mass is 32.2. The zero-order chi connectivity index (χ0) is 24.4. The van der Waals surface area contributed by atoms with Crippen molar-refractivity contribution in [3.8, 4) is 11.5 Å². The molecule has 0 aliphatic carbocycles. The van der Waals surface area contributed by atoms with Gasteiger partial charge in [0.2, 0.25) is 0 Å². The van der Waals surface area contributed by atoms with Crippen LogP contribution in [0.3, 0.4) is 0 Å². The Balaban J connectivity index is 1.99. The number of rotatable bonds is 9. The lowest BCUT2D eigenvalue weighted by Crippen LogP contribution is -2.30. The summed E-state index contributed by atoms with van der Waals surface area (Å²) in [5.74, 6) is -0.0504. The van der Waals surface area contributed by atoms with Gasteiger partial charge in [0.15, 0.2) is 18.1 Å². The number of halogens is 3. The first kappa shape index (κ1) is 24.4. The number of nitrogens with zero attached hydrogens (tertiary/aromatic N) is 5. The van der Waals surface area contributed by atoms with Crippen LogP contribution in [0.4, 0.5) is 18.9 Å². The summed E-state index contributed by atoms with van der Waals surface area (Å²) in [6.07, 6.45) is -0.223. The van der Waals surface area contributed by atoms with Crippen molar-refractivity contribution in [1.29, 1.82) is 0 Å². The van der Waals surface area contributed by atoms with E-state index in [0.717, 1.165) is 0 Å². The summed E-state index contributed by atoms with van der Waals surface area (Å²) in [7, 11) is -1.07. The third-order valence-electron chi connectivity index (χ3n) is 4.72. The number of sulfonamides is 1. The summed E-state index contributed by atoms with van der Waals surface area (Å²) in [4.78, 5) is 0.00435. The van der Waals surface area contributed by atoms with E-state index >= 15 is 0 Å². The number of alkyl halides is 3. The van der Waals surface area contributed by atoms with Gasteiger partial charge in [-0.05, 0) is 31.5 Å². The molecule has 0 N–H and O–H groups in total.